The lowest BCUT2D eigenvalue weighted by Gasteiger charge is -2.32. The van der Waals surface area contributed by atoms with E-state index in [1.54, 1.807) is 23.4 Å². The highest BCUT2D eigenvalue weighted by Gasteiger charge is 2.26. The summed E-state index contributed by atoms with van der Waals surface area (Å²) >= 11 is 0. The summed E-state index contributed by atoms with van der Waals surface area (Å²) < 4.78 is 0. The van der Waals surface area contributed by atoms with E-state index in [4.69, 9.17) is 0 Å². The van der Waals surface area contributed by atoms with Crippen molar-refractivity contribution in [3.63, 3.8) is 0 Å². The molecule has 1 amide bonds. The zero-order chi connectivity index (χ0) is 11.5. The zero-order valence-electron chi connectivity index (χ0n) is 9.52. The molecule has 0 bridgehead atoms. The van der Waals surface area contributed by atoms with Crippen molar-refractivity contribution in [2.45, 2.75) is 37.8 Å². The average Bonchev–Trinajstić information content (AvgIpc) is 2.81. The van der Waals surface area contributed by atoms with Crippen molar-refractivity contribution in [3.8, 4) is 0 Å². The van der Waals surface area contributed by atoms with Gasteiger partial charge >= 0.3 is 0 Å². The summed E-state index contributed by atoms with van der Waals surface area (Å²) in [5, 5.41) is 9.42. The molecule has 88 valence electrons. The summed E-state index contributed by atoms with van der Waals surface area (Å²) in [7, 11) is 1.84. The Balaban J connectivity index is 1.97. The molecular formula is C12H18N2O2. The smallest absolute Gasteiger partial charge is 0.255 e. The molecular weight excluding hydrogens is 204 g/mol. The van der Waals surface area contributed by atoms with Crippen LogP contribution in [0.1, 0.15) is 36.0 Å². The van der Waals surface area contributed by atoms with Gasteiger partial charge in [0, 0.05) is 25.5 Å². The number of carbonyl (C=O) groups is 1. The van der Waals surface area contributed by atoms with Gasteiger partial charge in [0.15, 0.2) is 0 Å². The Labute approximate surface area is 95.3 Å². The molecule has 1 aliphatic carbocycles. The maximum Gasteiger partial charge on any atom is 0.255 e. The number of rotatable bonds is 2. The van der Waals surface area contributed by atoms with Crippen LogP contribution in [0.3, 0.4) is 0 Å². The summed E-state index contributed by atoms with van der Waals surface area (Å²) in [6.07, 6.45) is 6.70. The Hall–Kier alpha value is -1.29. The summed E-state index contributed by atoms with van der Waals surface area (Å²) in [5.74, 6) is 0.0580. The second-order valence-corrected chi connectivity index (χ2v) is 4.48. The minimum Gasteiger partial charge on any atom is -0.393 e. The number of H-pyrrole nitrogens is 1. The van der Waals surface area contributed by atoms with E-state index in [1.807, 2.05) is 7.05 Å². The van der Waals surface area contributed by atoms with Gasteiger partial charge in [0.25, 0.3) is 5.91 Å². The molecule has 1 saturated carbocycles. The lowest BCUT2D eigenvalue weighted by Crippen LogP contribution is -2.40. The number of aromatic nitrogens is 1. The van der Waals surface area contributed by atoms with Crippen LogP contribution in [-0.2, 0) is 0 Å². The van der Waals surface area contributed by atoms with Gasteiger partial charge in [-0.1, -0.05) is 0 Å². The number of nitrogens with one attached hydrogen (secondary N) is 1. The van der Waals surface area contributed by atoms with Crippen LogP contribution in [0.25, 0.3) is 0 Å². The maximum atomic E-state index is 12.0. The first-order chi connectivity index (χ1) is 7.68. The minimum absolute atomic E-state index is 0.0580. The van der Waals surface area contributed by atoms with Crippen molar-refractivity contribution in [3.05, 3.63) is 24.0 Å². The van der Waals surface area contributed by atoms with Gasteiger partial charge in [-0.05, 0) is 31.7 Å². The molecule has 2 N–H and O–H groups in total. The molecule has 0 aliphatic heterocycles. The monoisotopic (exact) mass is 222 g/mol. The second kappa shape index (κ2) is 4.70. The van der Waals surface area contributed by atoms with Crippen molar-refractivity contribution < 1.29 is 9.90 Å². The van der Waals surface area contributed by atoms with E-state index in [1.165, 1.54) is 0 Å². The first-order valence-electron chi connectivity index (χ1n) is 5.76. The SMILES string of the molecule is CN(C(=O)c1cc[nH]c1)C1CCC(O)CC1. The quantitative estimate of drug-likeness (QED) is 0.794. The van der Waals surface area contributed by atoms with Gasteiger partial charge in [0.2, 0.25) is 0 Å². The largest absolute Gasteiger partial charge is 0.393 e. The number of amides is 1. The third-order valence-electron chi connectivity index (χ3n) is 3.38. The Morgan fingerprint density at radius 3 is 2.69 bits per heavy atom. The average molecular weight is 222 g/mol. The topological polar surface area (TPSA) is 56.3 Å². The summed E-state index contributed by atoms with van der Waals surface area (Å²) in [5.41, 5.74) is 0.702. The lowest BCUT2D eigenvalue weighted by molar-refractivity contribution is 0.0569. The number of aliphatic hydroxyl groups excluding tert-OH is 1. The van der Waals surface area contributed by atoms with Crippen LogP contribution in [0, 0.1) is 0 Å². The van der Waals surface area contributed by atoms with Crippen LogP contribution in [0.5, 0.6) is 0 Å². The fourth-order valence-corrected chi connectivity index (χ4v) is 2.27. The van der Waals surface area contributed by atoms with Gasteiger partial charge in [-0.3, -0.25) is 4.79 Å². The van der Waals surface area contributed by atoms with Crippen LogP contribution in [0.2, 0.25) is 0 Å². The Morgan fingerprint density at radius 1 is 1.44 bits per heavy atom. The Morgan fingerprint density at radius 2 is 2.12 bits per heavy atom. The highest BCUT2D eigenvalue weighted by atomic mass is 16.3. The molecule has 0 saturated heterocycles. The van der Waals surface area contributed by atoms with Crippen LogP contribution >= 0.6 is 0 Å². The first-order valence-corrected chi connectivity index (χ1v) is 5.76. The summed E-state index contributed by atoms with van der Waals surface area (Å²) in [6, 6.07) is 2.06. The first kappa shape index (κ1) is 11.2. The van der Waals surface area contributed by atoms with Crippen LogP contribution in [0.4, 0.5) is 0 Å². The van der Waals surface area contributed by atoms with E-state index in [0.29, 0.717) is 5.56 Å². The third kappa shape index (κ3) is 2.27. The molecule has 2 rings (SSSR count). The molecule has 0 spiro atoms. The van der Waals surface area contributed by atoms with E-state index in [9.17, 15) is 9.90 Å². The molecule has 0 atom stereocenters. The number of aromatic amines is 1. The van der Waals surface area contributed by atoms with Gasteiger partial charge in [0.1, 0.15) is 0 Å². The van der Waals surface area contributed by atoms with E-state index < -0.39 is 0 Å². The van der Waals surface area contributed by atoms with Gasteiger partial charge in [0.05, 0.1) is 11.7 Å². The number of hydrogen-bond acceptors (Lipinski definition) is 2. The van der Waals surface area contributed by atoms with Gasteiger partial charge < -0.3 is 15.0 Å². The molecule has 16 heavy (non-hydrogen) atoms. The molecule has 0 unspecified atom stereocenters. The molecule has 4 nitrogen and oxygen atoms in total. The fraction of sp³-hybridized carbons (Fsp3) is 0.583. The van der Waals surface area contributed by atoms with Crippen molar-refractivity contribution in [1.29, 1.82) is 0 Å². The van der Waals surface area contributed by atoms with Crippen LogP contribution in [0.15, 0.2) is 18.5 Å². The van der Waals surface area contributed by atoms with Crippen LogP contribution < -0.4 is 0 Å². The zero-order valence-corrected chi connectivity index (χ0v) is 9.52. The summed E-state index contributed by atoms with van der Waals surface area (Å²) in [4.78, 5) is 16.7. The predicted octanol–water partition coefficient (Wildman–Crippen LogP) is 1.39. The van der Waals surface area contributed by atoms with Crippen molar-refractivity contribution in [2.24, 2.45) is 0 Å². The van der Waals surface area contributed by atoms with E-state index in [-0.39, 0.29) is 18.1 Å². The van der Waals surface area contributed by atoms with Gasteiger partial charge in [-0.2, -0.15) is 0 Å². The van der Waals surface area contributed by atoms with Gasteiger partial charge in [-0.15, -0.1) is 0 Å². The fourth-order valence-electron chi connectivity index (χ4n) is 2.27. The highest BCUT2D eigenvalue weighted by molar-refractivity contribution is 5.94. The molecule has 1 fully saturated rings. The maximum absolute atomic E-state index is 12.0. The lowest BCUT2D eigenvalue weighted by atomic mass is 9.92. The second-order valence-electron chi connectivity index (χ2n) is 4.48. The standard InChI is InChI=1S/C12H18N2O2/c1-14(10-2-4-11(15)5-3-10)12(16)9-6-7-13-8-9/h6-8,10-11,13,15H,2-5H2,1H3. The van der Waals surface area contributed by atoms with E-state index >= 15 is 0 Å². The molecule has 4 heteroatoms. The number of carbonyl (C=O) groups excluding carboxylic acids is 1. The minimum atomic E-state index is -0.174. The van der Waals surface area contributed by atoms with Crippen molar-refractivity contribution >= 4 is 5.91 Å². The van der Waals surface area contributed by atoms with Crippen LogP contribution in [-0.4, -0.2) is 40.1 Å². The van der Waals surface area contributed by atoms with E-state index in [0.717, 1.165) is 25.7 Å². The van der Waals surface area contributed by atoms with Crippen molar-refractivity contribution in [1.82, 2.24) is 9.88 Å². The molecule has 1 aromatic rings. The normalized spacial score (nSPS) is 25.4. The number of aliphatic hydroxyl groups is 1. The predicted molar refractivity (Wildman–Crippen MR) is 61.1 cm³/mol. The molecule has 1 aromatic heterocycles. The Bertz CT molecular complexity index is 340. The Kier molecular flexibility index (Phi) is 3.29. The third-order valence-corrected chi connectivity index (χ3v) is 3.38. The highest BCUT2D eigenvalue weighted by Crippen LogP contribution is 2.23. The van der Waals surface area contributed by atoms with Gasteiger partial charge in [-0.25, -0.2) is 0 Å². The molecule has 1 aliphatic rings. The van der Waals surface area contributed by atoms with E-state index in [2.05, 4.69) is 4.98 Å². The number of nitrogens with zero attached hydrogens (tertiary/aromatic N) is 1. The molecule has 1 heterocycles. The number of hydrogen-bond donors (Lipinski definition) is 2. The molecule has 0 aromatic carbocycles. The summed E-state index contributed by atoms with van der Waals surface area (Å²) in [6.45, 7) is 0. The van der Waals surface area contributed by atoms with Crippen molar-refractivity contribution in [2.75, 3.05) is 7.05 Å². The molecule has 0 radical (unpaired) electrons.